The van der Waals surface area contributed by atoms with Gasteiger partial charge in [-0.2, -0.15) is 0 Å². The van der Waals surface area contributed by atoms with Crippen LogP contribution in [0.4, 0.5) is 0 Å². The molecule has 0 saturated carbocycles. The van der Waals surface area contributed by atoms with Crippen LogP contribution in [0.5, 0.6) is 0 Å². The molecule has 0 saturated heterocycles. The van der Waals surface area contributed by atoms with Crippen LogP contribution in [0.3, 0.4) is 0 Å². The minimum Gasteiger partial charge on any atom is -0.311 e. The van der Waals surface area contributed by atoms with Crippen LogP contribution in [0, 0.1) is 6.57 Å². The zero-order chi connectivity index (χ0) is 18.3. The number of fused-ring (bicyclic) bond motifs is 1. The van der Waals surface area contributed by atoms with E-state index in [9.17, 15) is 9.59 Å². The quantitative estimate of drug-likeness (QED) is 0.338. The summed E-state index contributed by atoms with van der Waals surface area (Å²) in [4.78, 5) is 29.5. The maximum atomic E-state index is 12.2. The summed E-state index contributed by atoms with van der Waals surface area (Å²) >= 11 is 0. The summed E-state index contributed by atoms with van der Waals surface area (Å²) in [5.41, 5.74) is 0.858. The molecule has 0 bridgehead atoms. The van der Waals surface area contributed by atoms with Crippen LogP contribution in [0.15, 0.2) is 24.3 Å². The molecule has 1 aromatic carbocycles. The normalized spacial score (nSPS) is 13.9. The van der Waals surface area contributed by atoms with Crippen molar-refractivity contribution in [2.75, 3.05) is 6.54 Å². The predicted octanol–water partition coefficient (Wildman–Crippen LogP) is 5.10. The van der Waals surface area contributed by atoms with Crippen molar-refractivity contribution in [2.45, 2.75) is 70.8 Å². The highest BCUT2D eigenvalue weighted by Gasteiger charge is 2.34. The van der Waals surface area contributed by atoms with E-state index < -0.39 is 0 Å². The first-order chi connectivity index (χ1) is 12.0. The Balaban J connectivity index is 1.57. The van der Waals surface area contributed by atoms with Crippen LogP contribution in [0.25, 0.3) is 4.85 Å². The van der Waals surface area contributed by atoms with Crippen molar-refractivity contribution in [3.05, 3.63) is 46.8 Å². The average Bonchev–Trinajstić information content (AvgIpc) is 2.85. The highest BCUT2D eigenvalue weighted by molar-refractivity contribution is 6.21. The van der Waals surface area contributed by atoms with Crippen molar-refractivity contribution in [3.63, 3.8) is 0 Å². The Hall–Kier alpha value is -2.15. The van der Waals surface area contributed by atoms with Gasteiger partial charge in [-0.3, -0.25) is 14.5 Å². The lowest BCUT2D eigenvalue weighted by Crippen LogP contribution is -2.30. The lowest BCUT2D eigenvalue weighted by atomic mass is 9.97. The largest absolute Gasteiger partial charge is 0.311 e. The molecule has 1 aromatic rings. The van der Waals surface area contributed by atoms with Crippen molar-refractivity contribution in [3.8, 4) is 0 Å². The van der Waals surface area contributed by atoms with Crippen molar-refractivity contribution >= 4 is 11.8 Å². The van der Waals surface area contributed by atoms with Crippen LogP contribution in [-0.4, -0.2) is 28.8 Å². The Kier molecular flexibility index (Phi) is 6.75. The van der Waals surface area contributed by atoms with Crippen molar-refractivity contribution in [2.24, 2.45) is 0 Å². The maximum absolute atomic E-state index is 12.2. The van der Waals surface area contributed by atoms with E-state index >= 15 is 0 Å². The van der Waals surface area contributed by atoms with Gasteiger partial charge in [-0.25, -0.2) is 6.57 Å². The van der Waals surface area contributed by atoms with Crippen LogP contribution >= 0.6 is 0 Å². The Morgan fingerprint density at radius 2 is 1.36 bits per heavy atom. The number of imide groups is 1. The van der Waals surface area contributed by atoms with Gasteiger partial charge >= 0.3 is 0 Å². The molecule has 25 heavy (non-hydrogen) atoms. The van der Waals surface area contributed by atoms with E-state index in [-0.39, 0.29) is 17.4 Å². The first-order valence-corrected chi connectivity index (χ1v) is 9.30. The molecule has 134 valence electrons. The van der Waals surface area contributed by atoms with Gasteiger partial charge in [-0.1, -0.05) is 44.2 Å². The first kappa shape index (κ1) is 19.2. The molecule has 1 aliphatic heterocycles. The summed E-state index contributed by atoms with van der Waals surface area (Å²) in [6, 6.07) is 7.05. The molecular formula is C21H28N2O2. The van der Waals surface area contributed by atoms with Gasteiger partial charge < -0.3 is 4.85 Å². The van der Waals surface area contributed by atoms with Gasteiger partial charge in [-0.15, -0.1) is 0 Å². The first-order valence-electron chi connectivity index (χ1n) is 9.30. The molecule has 0 radical (unpaired) electrons. The third-order valence-corrected chi connectivity index (χ3v) is 4.85. The Labute approximate surface area is 151 Å². The summed E-state index contributed by atoms with van der Waals surface area (Å²) < 4.78 is 0. The topological polar surface area (TPSA) is 41.7 Å². The molecule has 0 fully saturated rings. The number of carbonyl (C=O) groups excluding carboxylic acids is 2. The predicted molar refractivity (Wildman–Crippen MR) is 99.4 cm³/mol. The van der Waals surface area contributed by atoms with Gasteiger partial charge in [0.25, 0.3) is 11.8 Å². The van der Waals surface area contributed by atoms with E-state index in [0.29, 0.717) is 17.7 Å². The van der Waals surface area contributed by atoms with Crippen molar-refractivity contribution < 1.29 is 9.59 Å². The number of carbonyl (C=O) groups is 2. The summed E-state index contributed by atoms with van der Waals surface area (Å²) in [5, 5.41) is 0. The number of amides is 2. The fourth-order valence-electron chi connectivity index (χ4n) is 3.21. The van der Waals surface area contributed by atoms with Gasteiger partial charge in [0.15, 0.2) is 0 Å². The SMILES string of the molecule is [C-]#[N+]C(C)(C)CCCCCCCCCN1C(=O)c2ccccc2C1=O. The highest BCUT2D eigenvalue weighted by atomic mass is 16.2. The fourth-order valence-corrected chi connectivity index (χ4v) is 3.21. The summed E-state index contributed by atoms with van der Waals surface area (Å²) in [5.74, 6) is -0.300. The second kappa shape index (κ2) is 8.80. The second-order valence-electron chi connectivity index (χ2n) is 7.46. The molecular weight excluding hydrogens is 312 g/mol. The smallest absolute Gasteiger partial charge is 0.261 e. The van der Waals surface area contributed by atoms with Crippen LogP contribution in [0.2, 0.25) is 0 Å². The molecule has 4 heteroatoms. The van der Waals surface area contributed by atoms with Gasteiger partial charge in [0, 0.05) is 26.8 Å². The average molecular weight is 340 g/mol. The van der Waals surface area contributed by atoms with Gasteiger partial charge in [-0.05, 0) is 25.0 Å². The minimum absolute atomic E-state index is 0.150. The van der Waals surface area contributed by atoms with Gasteiger partial charge in [0.2, 0.25) is 5.54 Å². The lowest BCUT2D eigenvalue weighted by Gasteiger charge is -2.13. The van der Waals surface area contributed by atoms with Crippen molar-refractivity contribution in [1.82, 2.24) is 4.90 Å². The van der Waals surface area contributed by atoms with E-state index in [0.717, 1.165) is 32.1 Å². The fraction of sp³-hybridized carbons (Fsp3) is 0.571. The molecule has 1 heterocycles. The second-order valence-corrected chi connectivity index (χ2v) is 7.46. The van der Waals surface area contributed by atoms with Gasteiger partial charge in [0.1, 0.15) is 0 Å². The summed E-state index contributed by atoms with van der Waals surface area (Å²) in [6.45, 7) is 11.6. The number of hydrogen-bond acceptors (Lipinski definition) is 2. The molecule has 0 atom stereocenters. The molecule has 0 unspecified atom stereocenters. The number of benzene rings is 1. The standard InChI is InChI=1S/C21H28N2O2/c1-21(2,22-3)15-11-7-5-4-6-8-12-16-23-19(24)17-13-9-10-14-18(17)20(23)25/h9-10,13-14H,4-8,11-12,15-16H2,1-2H3. The van der Waals surface area contributed by atoms with E-state index in [4.69, 9.17) is 6.57 Å². The lowest BCUT2D eigenvalue weighted by molar-refractivity contribution is 0.0651. The summed E-state index contributed by atoms with van der Waals surface area (Å²) in [7, 11) is 0. The molecule has 2 rings (SSSR count). The molecule has 0 spiro atoms. The van der Waals surface area contributed by atoms with E-state index in [2.05, 4.69) is 4.85 Å². The number of hydrogen-bond donors (Lipinski definition) is 0. The molecule has 0 aliphatic carbocycles. The highest BCUT2D eigenvalue weighted by Crippen LogP contribution is 2.23. The zero-order valence-corrected chi connectivity index (χ0v) is 15.4. The van der Waals surface area contributed by atoms with E-state index in [1.807, 2.05) is 13.8 Å². The molecule has 4 nitrogen and oxygen atoms in total. The third-order valence-electron chi connectivity index (χ3n) is 4.85. The van der Waals surface area contributed by atoms with Crippen LogP contribution < -0.4 is 0 Å². The minimum atomic E-state index is -0.216. The maximum Gasteiger partial charge on any atom is 0.261 e. The van der Waals surface area contributed by atoms with Crippen LogP contribution in [-0.2, 0) is 0 Å². The monoisotopic (exact) mass is 340 g/mol. The number of nitrogens with zero attached hydrogens (tertiary/aromatic N) is 2. The Morgan fingerprint density at radius 1 is 0.880 bits per heavy atom. The summed E-state index contributed by atoms with van der Waals surface area (Å²) in [6.07, 6.45) is 8.69. The molecule has 1 aliphatic rings. The molecule has 2 amide bonds. The van der Waals surface area contributed by atoms with Crippen molar-refractivity contribution in [1.29, 1.82) is 0 Å². The zero-order valence-electron chi connectivity index (χ0n) is 15.4. The van der Waals surface area contributed by atoms with Gasteiger partial charge in [0.05, 0.1) is 11.1 Å². The molecule has 0 N–H and O–H groups in total. The molecule has 0 aromatic heterocycles. The number of unbranched alkanes of at least 4 members (excludes halogenated alkanes) is 6. The Morgan fingerprint density at radius 3 is 1.88 bits per heavy atom. The van der Waals surface area contributed by atoms with Crippen LogP contribution in [0.1, 0.15) is 85.9 Å². The third kappa shape index (κ3) is 5.16. The van der Waals surface area contributed by atoms with E-state index in [1.54, 1.807) is 24.3 Å². The van der Waals surface area contributed by atoms with E-state index in [1.165, 1.54) is 24.2 Å². The Bertz CT molecular complexity index is 623. The number of rotatable bonds is 10.